The van der Waals surface area contributed by atoms with Gasteiger partial charge in [0.15, 0.2) is 5.82 Å². The van der Waals surface area contributed by atoms with Crippen molar-refractivity contribution in [3.8, 4) is 5.75 Å². The summed E-state index contributed by atoms with van der Waals surface area (Å²) < 4.78 is 46.7. The predicted molar refractivity (Wildman–Crippen MR) is 121 cm³/mol. The molecule has 2 aromatic carbocycles. The highest BCUT2D eigenvalue weighted by Crippen LogP contribution is 2.38. The number of halogens is 3. The van der Waals surface area contributed by atoms with Gasteiger partial charge in [-0.1, -0.05) is 26.0 Å². The third-order valence-corrected chi connectivity index (χ3v) is 5.11. The van der Waals surface area contributed by atoms with E-state index in [1.54, 1.807) is 31.1 Å². The van der Waals surface area contributed by atoms with Crippen molar-refractivity contribution in [3.05, 3.63) is 65.9 Å². The largest absolute Gasteiger partial charge is 0.494 e. The van der Waals surface area contributed by atoms with E-state index < -0.39 is 11.7 Å². The zero-order chi connectivity index (χ0) is 23.3. The molecule has 0 aliphatic rings. The van der Waals surface area contributed by atoms with E-state index in [0.29, 0.717) is 12.3 Å². The van der Waals surface area contributed by atoms with Crippen molar-refractivity contribution in [2.75, 3.05) is 30.5 Å². The number of alkyl halides is 3. The van der Waals surface area contributed by atoms with Gasteiger partial charge in [0.2, 0.25) is 5.95 Å². The zero-order valence-electron chi connectivity index (χ0n) is 18.6. The fraction of sp³-hybridized carbons (Fsp3) is 0.333. The summed E-state index contributed by atoms with van der Waals surface area (Å²) >= 11 is 0. The van der Waals surface area contributed by atoms with Gasteiger partial charge < -0.3 is 14.5 Å². The molecule has 0 unspecified atom stereocenters. The van der Waals surface area contributed by atoms with Crippen LogP contribution >= 0.6 is 0 Å². The van der Waals surface area contributed by atoms with Crippen molar-refractivity contribution in [3.63, 3.8) is 0 Å². The standard InChI is InChI=1S/C24H27F3N4O/c1-5-15-32-20-13-11-19(12-14-20)31(4)23-28-16-21(24(25,26)27)22(29-23)30(3)18-9-7-17(6-2)8-10-18/h7-14,16H,5-6,15H2,1-4H3. The monoisotopic (exact) mass is 444 g/mol. The number of ether oxygens (including phenoxy) is 1. The Balaban J connectivity index is 1.95. The second kappa shape index (κ2) is 9.89. The van der Waals surface area contributed by atoms with Gasteiger partial charge in [0.1, 0.15) is 11.3 Å². The first kappa shape index (κ1) is 23.4. The van der Waals surface area contributed by atoms with Crippen LogP contribution in [-0.2, 0) is 12.6 Å². The van der Waals surface area contributed by atoms with Crippen LogP contribution in [0.25, 0.3) is 0 Å². The van der Waals surface area contributed by atoms with E-state index >= 15 is 0 Å². The van der Waals surface area contributed by atoms with E-state index in [9.17, 15) is 13.2 Å². The summed E-state index contributed by atoms with van der Waals surface area (Å²) in [5.41, 5.74) is 1.56. The Morgan fingerprint density at radius 2 is 1.47 bits per heavy atom. The van der Waals surface area contributed by atoms with E-state index in [-0.39, 0.29) is 11.8 Å². The van der Waals surface area contributed by atoms with Crippen LogP contribution in [0.2, 0.25) is 0 Å². The molecule has 8 heteroatoms. The molecule has 3 rings (SSSR count). The van der Waals surface area contributed by atoms with Gasteiger partial charge in [-0.05, 0) is 54.8 Å². The van der Waals surface area contributed by atoms with Crippen molar-refractivity contribution in [1.29, 1.82) is 0 Å². The Labute approximate surface area is 186 Å². The molecule has 0 saturated carbocycles. The fourth-order valence-electron chi connectivity index (χ4n) is 3.16. The van der Waals surface area contributed by atoms with Gasteiger partial charge in [-0.3, -0.25) is 0 Å². The molecule has 170 valence electrons. The Bertz CT molecular complexity index is 1020. The topological polar surface area (TPSA) is 41.5 Å². The summed E-state index contributed by atoms with van der Waals surface area (Å²) in [5.74, 6) is 0.682. The van der Waals surface area contributed by atoms with Crippen molar-refractivity contribution in [2.45, 2.75) is 32.9 Å². The first-order valence-corrected chi connectivity index (χ1v) is 10.5. The summed E-state index contributed by atoms with van der Waals surface area (Å²) in [5, 5.41) is 0. The minimum atomic E-state index is -4.58. The number of rotatable bonds is 8. The molecule has 1 heterocycles. The number of anilines is 4. The Morgan fingerprint density at radius 3 is 2.03 bits per heavy atom. The quantitative estimate of drug-likeness (QED) is 0.403. The van der Waals surface area contributed by atoms with Gasteiger partial charge >= 0.3 is 6.18 Å². The van der Waals surface area contributed by atoms with Gasteiger partial charge in [0.05, 0.1) is 6.61 Å². The van der Waals surface area contributed by atoms with Crippen LogP contribution in [0.15, 0.2) is 54.7 Å². The molecular formula is C24H27F3N4O. The van der Waals surface area contributed by atoms with Crippen molar-refractivity contribution >= 4 is 23.1 Å². The number of aromatic nitrogens is 2. The van der Waals surface area contributed by atoms with Gasteiger partial charge in [-0.15, -0.1) is 0 Å². The highest BCUT2D eigenvalue weighted by atomic mass is 19.4. The second-order valence-corrected chi connectivity index (χ2v) is 7.39. The van der Waals surface area contributed by atoms with E-state index in [0.717, 1.165) is 36.0 Å². The van der Waals surface area contributed by atoms with Crippen molar-refractivity contribution in [1.82, 2.24) is 9.97 Å². The van der Waals surface area contributed by atoms with Crippen LogP contribution in [0.3, 0.4) is 0 Å². The molecule has 0 bridgehead atoms. The molecular weight excluding hydrogens is 417 g/mol. The zero-order valence-corrected chi connectivity index (χ0v) is 18.6. The average molecular weight is 445 g/mol. The summed E-state index contributed by atoms with van der Waals surface area (Å²) in [7, 11) is 3.28. The number of hydrogen-bond acceptors (Lipinski definition) is 5. The van der Waals surface area contributed by atoms with Crippen LogP contribution < -0.4 is 14.5 Å². The molecule has 1 aromatic heterocycles. The van der Waals surface area contributed by atoms with E-state index in [4.69, 9.17) is 4.74 Å². The first-order chi connectivity index (χ1) is 15.2. The van der Waals surface area contributed by atoms with Crippen LogP contribution in [0.1, 0.15) is 31.4 Å². The SMILES string of the molecule is CCCOc1ccc(N(C)c2ncc(C(F)(F)F)c(N(C)c3ccc(CC)cc3)n2)cc1. The maximum atomic E-state index is 13.7. The molecule has 32 heavy (non-hydrogen) atoms. The van der Waals surface area contributed by atoms with Gasteiger partial charge in [-0.2, -0.15) is 18.2 Å². The van der Waals surface area contributed by atoms with Crippen molar-refractivity contribution < 1.29 is 17.9 Å². The summed E-state index contributed by atoms with van der Waals surface area (Å²) in [6, 6.07) is 14.6. The molecule has 5 nitrogen and oxygen atoms in total. The Morgan fingerprint density at radius 1 is 0.875 bits per heavy atom. The lowest BCUT2D eigenvalue weighted by Gasteiger charge is -2.25. The van der Waals surface area contributed by atoms with Crippen molar-refractivity contribution in [2.24, 2.45) is 0 Å². The number of nitrogens with zero attached hydrogens (tertiary/aromatic N) is 4. The highest BCUT2D eigenvalue weighted by molar-refractivity contribution is 5.66. The van der Waals surface area contributed by atoms with Gasteiger partial charge in [0.25, 0.3) is 0 Å². The molecule has 0 radical (unpaired) electrons. The maximum Gasteiger partial charge on any atom is 0.421 e. The van der Waals surface area contributed by atoms with E-state index in [1.165, 1.54) is 4.90 Å². The molecule has 0 amide bonds. The number of hydrogen-bond donors (Lipinski definition) is 0. The molecule has 0 saturated heterocycles. The first-order valence-electron chi connectivity index (χ1n) is 10.5. The molecule has 0 N–H and O–H groups in total. The number of aryl methyl sites for hydroxylation is 1. The second-order valence-electron chi connectivity index (χ2n) is 7.39. The normalized spacial score (nSPS) is 11.3. The van der Waals surface area contributed by atoms with Gasteiger partial charge in [-0.25, -0.2) is 4.98 Å². The Kier molecular flexibility index (Phi) is 7.22. The smallest absolute Gasteiger partial charge is 0.421 e. The van der Waals surface area contributed by atoms with Gasteiger partial charge in [0, 0.05) is 31.7 Å². The number of benzene rings is 2. The third kappa shape index (κ3) is 5.30. The van der Waals surface area contributed by atoms with E-state index in [1.807, 2.05) is 50.2 Å². The molecule has 0 spiro atoms. The molecule has 0 aliphatic carbocycles. The minimum absolute atomic E-state index is 0.159. The van der Waals surface area contributed by atoms with Crippen LogP contribution in [0, 0.1) is 0 Å². The minimum Gasteiger partial charge on any atom is -0.494 e. The molecule has 0 atom stereocenters. The Hall–Kier alpha value is -3.29. The fourth-order valence-corrected chi connectivity index (χ4v) is 3.16. The van der Waals surface area contributed by atoms with Crippen LogP contribution in [-0.4, -0.2) is 30.7 Å². The molecule has 0 fully saturated rings. The lowest BCUT2D eigenvalue weighted by molar-refractivity contribution is -0.137. The highest BCUT2D eigenvalue weighted by Gasteiger charge is 2.37. The maximum absolute atomic E-state index is 13.7. The third-order valence-electron chi connectivity index (χ3n) is 5.11. The molecule has 3 aromatic rings. The lowest BCUT2D eigenvalue weighted by Crippen LogP contribution is -2.21. The summed E-state index contributed by atoms with van der Waals surface area (Å²) in [6.07, 6.45) is -1.99. The predicted octanol–water partition coefficient (Wildman–Crippen LogP) is 6.38. The lowest BCUT2D eigenvalue weighted by atomic mass is 10.1. The molecule has 0 aliphatic heterocycles. The van der Waals surface area contributed by atoms with E-state index in [2.05, 4.69) is 9.97 Å². The average Bonchev–Trinajstić information content (AvgIpc) is 2.81. The van der Waals surface area contributed by atoms with Crippen LogP contribution in [0.4, 0.5) is 36.3 Å². The van der Waals surface area contributed by atoms with Crippen LogP contribution in [0.5, 0.6) is 5.75 Å². The summed E-state index contributed by atoms with van der Waals surface area (Å²) in [6.45, 7) is 4.67. The summed E-state index contributed by atoms with van der Waals surface area (Å²) in [4.78, 5) is 11.4.